The van der Waals surface area contributed by atoms with Gasteiger partial charge in [0, 0.05) is 32.6 Å². The molecule has 29 heavy (non-hydrogen) atoms. The van der Waals surface area contributed by atoms with Gasteiger partial charge in [-0.15, -0.1) is 10.2 Å². The maximum Gasteiger partial charge on any atom is 0.227 e. The standard InChI is InChI=1S/C22H23FN4OS/c1-16-2-4-18(5-3-16)15-21(28)26-10-12-27(13-11-26)22-25-24-20(29-22)14-17-6-8-19(23)9-7-17/h2-9H,10-15H2,1H3. The zero-order valence-electron chi connectivity index (χ0n) is 16.3. The quantitative estimate of drug-likeness (QED) is 0.646. The predicted molar refractivity (Wildman–Crippen MR) is 113 cm³/mol. The van der Waals surface area contributed by atoms with Crippen LogP contribution in [-0.2, 0) is 17.6 Å². The summed E-state index contributed by atoms with van der Waals surface area (Å²) in [6.07, 6.45) is 1.09. The van der Waals surface area contributed by atoms with Gasteiger partial charge in [-0.1, -0.05) is 53.3 Å². The monoisotopic (exact) mass is 410 g/mol. The molecule has 5 nitrogen and oxygen atoms in total. The number of rotatable bonds is 5. The number of aryl methyl sites for hydroxylation is 1. The number of amides is 1. The summed E-state index contributed by atoms with van der Waals surface area (Å²) in [6.45, 7) is 4.94. The van der Waals surface area contributed by atoms with E-state index in [4.69, 9.17) is 0 Å². The molecule has 150 valence electrons. The van der Waals surface area contributed by atoms with Crippen LogP contribution in [0.3, 0.4) is 0 Å². The van der Waals surface area contributed by atoms with Crippen LogP contribution < -0.4 is 4.90 Å². The summed E-state index contributed by atoms with van der Waals surface area (Å²) in [6, 6.07) is 14.6. The first-order chi connectivity index (χ1) is 14.1. The van der Waals surface area contributed by atoms with Crippen molar-refractivity contribution < 1.29 is 9.18 Å². The highest BCUT2D eigenvalue weighted by molar-refractivity contribution is 7.15. The van der Waals surface area contributed by atoms with Crippen LogP contribution in [0.2, 0.25) is 0 Å². The number of hydrogen-bond donors (Lipinski definition) is 0. The van der Waals surface area contributed by atoms with Gasteiger partial charge in [-0.2, -0.15) is 0 Å². The Morgan fingerprint density at radius 1 is 0.966 bits per heavy atom. The molecule has 0 unspecified atom stereocenters. The van der Waals surface area contributed by atoms with Gasteiger partial charge < -0.3 is 9.80 Å². The van der Waals surface area contributed by atoms with Crippen molar-refractivity contribution in [2.24, 2.45) is 0 Å². The minimum Gasteiger partial charge on any atom is -0.343 e. The van der Waals surface area contributed by atoms with Crippen molar-refractivity contribution in [1.82, 2.24) is 15.1 Å². The minimum absolute atomic E-state index is 0.169. The number of benzene rings is 2. The zero-order chi connectivity index (χ0) is 20.2. The van der Waals surface area contributed by atoms with Gasteiger partial charge in [0.2, 0.25) is 11.0 Å². The Balaban J connectivity index is 1.30. The van der Waals surface area contributed by atoms with Gasteiger partial charge in [-0.3, -0.25) is 4.79 Å². The lowest BCUT2D eigenvalue weighted by Gasteiger charge is -2.34. The van der Waals surface area contributed by atoms with Gasteiger partial charge in [-0.05, 0) is 30.2 Å². The molecular weight excluding hydrogens is 387 g/mol. The Morgan fingerprint density at radius 2 is 1.62 bits per heavy atom. The van der Waals surface area contributed by atoms with Crippen LogP contribution in [0.4, 0.5) is 9.52 Å². The molecule has 0 radical (unpaired) electrons. The van der Waals surface area contributed by atoms with Crippen molar-refractivity contribution >= 4 is 22.4 Å². The third kappa shape index (κ3) is 4.98. The number of nitrogens with zero attached hydrogens (tertiary/aromatic N) is 4. The number of piperazine rings is 1. The fraction of sp³-hybridized carbons (Fsp3) is 0.318. The van der Waals surface area contributed by atoms with E-state index < -0.39 is 0 Å². The summed E-state index contributed by atoms with van der Waals surface area (Å²) in [5.41, 5.74) is 3.27. The van der Waals surface area contributed by atoms with Crippen molar-refractivity contribution in [3.8, 4) is 0 Å². The molecule has 0 N–H and O–H groups in total. The first-order valence-electron chi connectivity index (χ1n) is 9.72. The van der Waals surface area contributed by atoms with Gasteiger partial charge in [0.25, 0.3) is 0 Å². The average molecular weight is 411 g/mol. The number of anilines is 1. The van der Waals surface area contributed by atoms with E-state index in [0.29, 0.717) is 25.9 Å². The van der Waals surface area contributed by atoms with Crippen molar-refractivity contribution in [3.63, 3.8) is 0 Å². The largest absolute Gasteiger partial charge is 0.343 e. The average Bonchev–Trinajstić information content (AvgIpc) is 3.20. The Kier molecular flexibility index (Phi) is 5.85. The number of carbonyl (C=O) groups excluding carboxylic acids is 1. The molecule has 2 heterocycles. The molecule has 1 saturated heterocycles. The van der Waals surface area contributed by atoms with E-state index in [0.717, 1.165) is 34.4 Å². The second-order valence-electron chi connectivity index (χ2n) is 7.31. The Morgan fingerprint density at radius 3 is 2.31 bits per heavy atom. The first-order valence-corrected chi connectivity index (χ1v) is 10.5. The van der Waals surface area contributed by atoms with Crippen molar-refractivity contribution in [2.75, 3.05) is 31.1 Å². The van der Waals surface area contributed by atoms with E-state index in [1.54, 1.807) is 23.5 Å². The number of hydrogen-bond acceptors (Lipinski definition) is 5. The third-order valence-corrected chi connectivity index (χ3v) is 6.09. The Bertz CT molecular complexity index is 963. The lowest BCUT2D eigenvalue weighted by Crippen LogP contribution is -2.49. The van der Waals surface area contributed by atoms with E-state index in [1.165, 1.54) is 17.7 Å². The molecule has 7 heteroatoms. The molecule has 1 fully saturated rings. The maximum atomic E-state index is 13.0. The number of aromatic nitrogens is 2. The highest BCUT2D eigenvalue weighted by Crippen LogP contribution is 2.24. The van der Waals surface area contributed by atoms with Crippen molar-refractivity contribution in [1.29, 1.82) is 0 Å². The number of carbonyl (C=O) groups is 1. The molecule has 0 spiro atoms. The van der Waals surface area contributed by atoms with E-state index >= 15 is 0 Å². The molecule has 1 aliphatic heterocycles. The van der Waals surface area contributed by atoms with Crippen LogP contribution >= 0.6 is 11.3 Å². The minimum atomic E-state index is -0.235. The summed E-state index contributed by atoms with van der Waals surface area (Å²) in [5.74, 6) is -0.0655. The fourth-order valence-electron chi connectivity index (χ4n) is 3.36. The van der Waals surface area contributed by atoms with Crippen molar-refractivity contribution in [3.05, 3.63) is 76.0 Å². The molecule has 0 saturated carbocycles. The van der Waals surface area contributed by atoms with Gasteiger partial charge >= 0.3 is 0 Å². The van der Waals surface area contributed by atoms with Gasteiger partial charge in [-0.25, -0.2) is 4.39 Å². The SMILES string of the molecule is Cc1ccc(CC(=O)N2CCN(c3nnc(Cc4ccc(F)cc4)s3)CC2)cc1. The van der Waals surface area contributed by atoms with Crippen LogP contribution in [0, 0.1) is 12.7 Å². The van der Waals surface area contributed by atoms with Crippen LogP contribution in [0.5, 0.6) is 0 Å². The molecule has 1 aromatic heterocycles. The second kappa shape index (κ2) is 8.69. The van der Waals surface area contributed by atoms with E-state index in [9.17, 15) is 9.18 Å². The van der Waals surface area contributed by atoms with Crippen LogP contribution in [0.1, 0.15) is 21.7 Å². The van der Waals surface area contributed by atoms with Gasteiger partial charge in [0.1, 0.15) is 10.8 Å². The number of halogens is 1. The second-order valence-corrected chi connectivity index (χ2v) is 8.35. The molecule has 1 aliphatic rings. The molecule has 2 aromatic carbocycles. The lowest BCUT2D eigenvalue weighted by atomic mass is 10.1. The molecular formula is C22H23FN4OS. The highest BCUT2D eigenvalue weighted by Gasteiger charge is 2.23. The molecule has 0 aliphatic carbocycles. The van der Waals surface area contributed by atoms with Crippen LogP contribution in [0.15, 0.2) is 48.5 Å². The van der Waals surface area contributed by atoms with E-state index in [-0.39, 0.29) is 11.7 Å². The summed E-state index contributed by atoms with van der Waals surface area (Å²) in [7, 11) is 0. The topological polar surface area (TPSA) is 49.3 Å². The zero-order valence-corrected chi connectivity index (χ0v) is 17.2. The normalized spacial score (nSPS) is 14.3. The molecule has 3 aromatic rings. The third-order valence-electron chi connectivity index (χ3n) is 5.10. The Labute approximate surface area is 173 Å². The highest BCUT2D eigenvalue weighted by atomic mass is 32.1. The Hall–Kier alpha value is -2.80. The van der Waals surface area contributed by atoms with Crippen LogP contribution in [0.25, 0.3) is 0 Å². The summed E-state index contributed by atoms with van der Waals surface area (Å²) in [4.78, 5) is 16.7. The molecule has 1 amide bonds. The lowest BCUT2D eigenvalue weighted by molar-refractivity contribution is -0.130. The maximum absolute atomic E-state index is 13.0. The van der Waals surface area contributed by atoms with E-state index in [2.05, 4.69) is 15.1 Å². The van der Waals surface area contributed by atoms with Gasteiger partial charge in [0.05, 0.1) is 6.42 Å². The molecule has 0 atom stereocenters. The summed E-state index contributed by atoms with van der Waals surface area (Å²) in [5, 5.41) is 10.4. The van der Waals surface area contributed by atoms with Gasteiger partial charge in [0.15, 0.2) is 0 Å². The van der Waals surface area contributed by atoms with E-state index in [1.807, 2.05) is 36.1 Å². The van der Waals surface area contributed by atoms with Crippen molar-refractivity contribution in [2.45, 2.75) is 19.8 Å². The first kappa shape index (κ1) is 19.5. The van der Waals surface area contributed by atoms with Crippen LogP contribution in [-0.4, -0.2) is 47.2 Å². The predicted octanol–water partition coefficient (Wildman–Crippen LogP) is 3.47. The summed E-state index contributed by atoms with van der Waals surface area (Å²) >= 11 is 1.56. The molecule has 4 rings (SSSR count). The molecule has 0 bridgehead atoms. The smallest absolute Gasteiger partial charge is 0.227 e. The summed E-state index contributed by atoms with van der Waals surface area (Å²) < 4.78 is 13.0. The fourth-order valence-corrected chi connectivity index (χ4v) is 4.28.